The number of carbonyl (C=O) groups excluding carboxylic acids is 1. The minimum absolute atomic E-state index is 0.0264. The number of ether oxygens (including phenoxy) is 1. The number of sulfone groups is 1. The molecule has 1 atom stereocenters. The van der Waals surface area contributed by atoms with Gasteiger partial charge < -0.3 is 14.1 Å². The highest BCUT2D eigenvalue weighted by molar-refractivity contribution is 7.91. The Bertz CT molecular complexity index is 871. The first kappa shape index (κ1) is 17.9. The van der Waals surface area contributed by atoms with E-state index < -0.39 is 9.84 Å². The molecule has 6 nitrogen and oxygen atoms in total. The third-order valence-electron chi connectivity index (χ3n) is 4.56. The normalized spacial score (nSPS) is 19.4. The first-order valence-electron chi connectivity index (χ1n) is 8.47. The average Bonchev–Trinajstić information content (AvgIpc) is 3.13. The predicted molar refractivity (Wildman–Crippen MR) is 95.3 cm³/mol. The van der Waals surface area contributed by atoms with E-state index in [4.69, 9.17) is 9.15 Å². The molecule has 2 heterocycles. The molecule has 25 heavy (non-hydrogen) atoms. The van der Waals surface area contributed by atoms with Gasteiger partial charge >= 0.3 is 0 Å². The number of furan rings is 1. The molecule has 136 valence electrons. The van der Waals surface area contributed by atoms with E-state index in [1.165, 1.54) is 0 Å². The Morgan fingerprint density at radius 1 is 1.36 bits per heavy atom. The molecule has 0 N–H and O–H groups in total. The van der Waals surface area contributed by atoms with Crippen molar-refractivity contribution in [3.63, 3.8) is 0 Å². The molecule has 0 radical (unpaired) electrons. The minimum Gasteiger partial charge on any atom is -0.451 e. The SMILES string of the molecule is CCCN(C(=O)c1oc2ccccc2c1COC)[C@@H]1CCS(=O)(=O)C1. The highest BCUT2D eigenvalue weighted by atomic mass is 32.2. The number of rotatable bonds is 6. The zero-order valence-electron chi connectivity index (χ0n) is 14.5. The number of carbonyl (C=O) groups is 1. The quantitative estimate of drug-likeness (QED) is 0.786. The van der Waals surface area contributed by atoms with Gasteiger partial charge in [0.1, 0.15) is 5.58 Å². The Morgan fingerprint density at radius 3 is 2.76 bits per heavy atom. The fourth-order valence-electron chi connectivity index (χ4n) is 3.40. The van der Waals surface area contributed by atoms with Crippen LogP contribution in [0.25, 0.3) is 11.0 Å². The molecule has 1 saturated heterocycles. The van der Waals surface area contributed by atoms with E-state index in [9.17, 15) is 13.2 Å². The Hall–Kier alpha value is -1.86. The lowest BCUT2D eigenvalue weighted by molar-refractivity contribution is 0.0660. The maximum Gasteiger partial charge on any atom is 0.290 e. The van der Waals surface area contributed by atoms with Crippen LogP contribution in [0.15, 0.2) is 28.7 Å². The molecular weight excluding hydrogens is 342 g/mol. The van der Waals surface area contributed by atoms with Crippen molar-refractivity contribution < 1.29 is 22.4 Å². The number of hydrogen-bond donors (Lipinski definition) is 0. The Balaban J connectivity index is 1.99. The monoisotopic (exact) mass is 365 g/mol. The molecule has 1 aromatic heterocycles. The van der Waals surface area contributed by atoms with Gasteiger partial charge in [0, 0.05) is 30.6 Å². The number of fused-ring (bicyclic) bond motifs is 1. The number of para-hydroxylation sites is 1. The van der Waals surface area contributed by atoms with Gasteiger partial charge in [-0.15, -0.1) is 0 Å². The number of nitrogens with zero attached hydrogens (tertiary/aromatic N) is 1. The Labute approximate surface area is 147 Å². The summed E-state index contributed by atoms with van der Waals surface area (Å²) < 4.78 is 34.8. The van der Waals surface area contributed by atoms with E-state index >= 15 is 0 Å². The summed E-state index contributed by atoms with van der Waals surface area (Å²) in [5, 5.41) is 0.850. The van der Waals surface area contributed by atoms with Crippen LogP contribution in [0.1, 0.15) is 35.9 Å². The van der Waals surface area contributed by atoms with E-state index in [-0.39, 0.29) is 35.8 Å². The molecule has 3 rings (SSSR count). The maximum atomic E-state index is 13.2. The van der Waals surface area contributed by atoms with Crippen LogP contribution in [0, 0.1) is 0 Å². The summed E-state index contributed by atoms with van der Waals surface area (Å²) in [7, 11) is -1.50. The van der Waals surface area contributed by atoms with Gasteiger partial charge in [-0.1, -0.05) is 25.1 Å². The van der Waals surface area contributed by atoms with Crippen LogP contribution in [0.5, 0.6) is 0 Å². The smallest absolute Gasteiger partial charge is 0.290 e. The number of benzene rings is 1. The molecule has 1 aromatic carbocycles. The van der Waals surface area contributed by atoms with Crippen molar-refractivity contribution in [1.82, 2.24) is 4.90 Å². The van der Waals surface area contributed by atoms with Gasteiger partial charge in [-0.2, -0.15) is 0 Å². The second-order valence-electron chi connectivity index (χ2n) is 6.39. The highest BCUT2D eigenvalue weighted by Crippen LogP contribution is 2.29. The lowest BCUT2D eigenvalue weighted by atomic mass is 10.1. The van der Waals surface area contributed by atoms with Crippen molar-refractivity contribution in [3.05, 3.63) is 35.6 Å². The molecule has 0 aliphatic carbocycles. The van der Waals surface area contributed by atoms with Gasteiger partial charge in [0.15, 0.2) is 15.6 Å². The van der Waals surface area contributed by atoms with E-state index in [1.807, 2.05) is 31.2 Å². The third-order valence-corrected chi connectivity index (χ3v) is 6.31. The van der Waals surface area contributed by atoms with Crippen molar-refractivity contribution in [3.8, 4) is 0 Å². The van der Waals surface area contributed by atoms with Gasteiger partial charge in [0.05, 0.1) is 18.1 Å². The second-order valence-corrected chi connectivity index (χ2v) is 8.62. The molecule has 0 spiro atoms. The first-order chi connectivity index (χ1) is 12.0. The standard InChI is InChI=1S/C18H23NO5S/c1-3-9-19(13-8-10-25(21,22)12-13)18(20)17-15(11-23-2)14-6-4-5-7-16(14)24-17/h4-7,13H,3,8-12H2,1-2H3/t13-/m1/s1. The summed E-state index contributed by atoms with van der Waals surface area (Å²) in [5.41, 5.74) is 1.35. The van der Waals surface area contributed by atoms with Crippen LogP contribution in [-0.2, 0) is 21.2 Å². The highest BCUT2D eigenvalue weighted by Gasteiger charge is 2.36. The van der Waals surface area contributed by atoms with Crippen molar-refractivity contribution >= 4 is 26.7 Å². The second kappa shape index (κ2) is 7.17. The topological polar surface area (TPSA) is 76.8 Å². The van der Waals surface area contributed by atoms with Crippen LogP contribution < -0.4 is 0 Å². The Kier molecular flexibility index (Phi) is 5.15. The van der Waals surface area contributed by atoms with Crippen LogP contribution in [0.4, 0.5) is 0 Å². The molecule has 0 bridgehead atoms. The van der Waals surface area contributed by atoms with Gasteiger partial charge in [-0.25, -0.2) is 8.42 Å². The van der Waals surface area contributed by atoms with Crippen molar-refractivity contribution in [2.45, 2.75) is 32.4 Å². The number of hydrogen-bond acceptors (Lipinski definition) is 5. The molecule has 0 saturated carbocycles. The molecule has 1 aliphatic heterocycles. The van der Waals surface area contributed by atoms with Gasteiger partial charge in [-0.3, -0.25) is 4.79 Å². The zero-order valence-corrected chi connectivity index (χ0v) is 15.3. The van der Waals surface area contributed by atoms with Crippen molar-refractivity contribution in [2.24, 2.45) is 0 Å². The summed E-state index contributed by atoms with van der Waals surface area (Å²) in [6.07, 6.45) is 1.23. The maximum absolute atomic E-state index is 13.2. The molecule has 0 unspecified atom stereocenters. The van der Waals surface area contributed by atoms with Crippen molar-refractivity contribution in [2.75, 3.05) is 25.2 Å². The van der Waals surface area contributed by atoms with Crippen molar-refractivity contribution in [1.29, 1.82) is 0 Å². The third kappa shape index (κ3) is 3.57. The first-order valence-corrected chi connectivity index (χ1v) is 10.3. The molecule has 1 fully saturated rings. The lowest BCUT2D eigenvalue weighted by Gasteiger charge is -2.27. The van der Waals surface area contributed by atoms with Crippen LogP contribution >= 0.6 is 0 Å². The van der Waals surface area contributed by atoms with Gasteiger partial charge in [-0.05, 0) is 18.9 Å². The van der Waals surface area contributed by atoms with E-state index in [2.05, 4.69) is 0 Å². The lowest BCUT2D eigenvalue weighted by Crippen LogP contribution is -2.41. The molecule has 1 amide bonds. The fourth-order valence-corrected chi connectivity index (χ4v) is 5.13. The minimum atomic E-state index is -3.07. The molecule has 2 aromatic rings. The van der Waals surface area contributed by atoms with E-state index in [1.54, 1.807) is 12.0 Å². The van der Waals surface area contributed by atoms with Gasteiger partial charge in [0.25, 0.3) is 5.91 Å². The molecule has 1 aliphatic rings. The average molecular weight is 365 g/mol. The van der Waals surface area contributed by atoms with E-state index in [0.717, 1.165) is 11.8 Å². The summed E-state index contributed by atoms with van der Waals surface area (Å²) in [6.45, 7) is 2.74. The summed E-state index contributed by atoms with van der Waals surface area (Å²) in [6, 6.07) is 7.16. The zero-order chi connectivity index (χ0) is 18.0. The van der Waals surface area contributed by atoms with Crippen LogP contribution in [-0.4, -0.2) is 50.4 Å². The number of methoxy groups -OCH3 is 1. The number of amides is 1. The Morgan fingerprint density at radius 2 is 2.12 bits per heavy atom. The summed E-state index contributed by atoms with van der Waals surface area (Å²) >= 11 is 0. The van der Waals surface area contributed by atoms with Gasteiger partial charge in [0.2, 0.25) is 0 Å². The summed E-state index contributed by atoms with van der Waals surface area (Å²) in [5.74, 6) is 0.155. The van der Waals surface area contributed by atoms with Crippen LogP contribution in [0.2, 0.25) is 0 Å². The summed E-state index contributed by atoms with van der Waals surface area (Å²) in [4.78, 5) is 14.8. The molecular formula is C18H23NO5S. The van der Waals surface area contributed by atoms with E-state index in [0.29, 0.717) is 24.1 Å². The van der Waals surface area contributed by atoms with Crippen LogP contribution in [0.3, 0.4) is 0 Å². The largest absolute Gasteiger partial charge is 0.451 e. The predicted octanol–water partition coefficient (Wildman–Crippen LogP) is 2.62. The molecule has 7 heteroatoms. The fraction of sp³-hybridized carbons (Fsp3) is 0.500.